The largest absolute Gasteiger partial charge is 0.497 e. The molecule has 0 unspecified atom stereocenters. The van der Waals surface area contributed by atoms with Gasteiger partial charge in [0.2, 0.25) is 0 Å². The van der Waals surface area contributed by atoms with Gasteiger partial charge in [-0.15, -0.1) is 0 Å². The Balaban J connectivity index is 3.25. The Morgan fingerprint density at radius 3 is 2.77 bits per heavy atom. The van der Waals surface area contributed by atoms with Gasteiger partial charge in [0, 0.05) is 0 Å². The van der Waals surface area contributed by atoms with Crippen LogP contribution in [0.2, 0.25) is 0 Å². The average Bonchev–Trinajstić information content (AvgIpc) is 2.16. The summed E-state index contributed by atoms with van der Waals surface area (Å²) in [4.78, 5) is 10.7. The molecule has 0 amide bonds. The van der Waals surface area contributed by atoms with E-state index in [1.54, 1.807) is 12.1 Å². The summed E-state index contributed by atoms with van der Waals surface area (Å²) in [6.07, 6.45) is 1.50. The van der Waals surface area contributed by atoms with Crippen LogP contribution in [0.15, 0.2) is 24.8 Å². The second kappa shape index (κ2) is 3.76. The molecule has 0 aliphatic heterocycles. The number of carboxylic acids is 1. The fraction of sp³-hybridized carbons (Fsp3) is 0.100. The normalized spacial score (nSPS) is 9.31. The molecular weight excluding hydrogens is 168 g/mol. The maximum absolute atomic E-state index is 10.7. The van der Waals surface area contributed by atoms with Crippen molar-refractivity contribution in [1.29, 1.82) is 0 Å². The quantitative estimate of drug-likeness (QED) is 0.770. The highest BCUT2D eigenvalue weighted by Crippen LogP contribution is 2.18. The second-order valence-electron chi connectivity index (χ2n) is 2.46. The van der Waals surface area contributed by atoms with Crippen LogP contribution >= 0.6 is 0 Å². The van der Waals surface area contributed by atoms with Gasteiger partial charge < -0.3 is 9.84 Å². The van der Waals surface area contributed by atoms with E-state index >= 15 is 0 Å². The van der Waals surface area contributed by atoms with Gasteiger partial charge in [-0.05, 0) is 17.7 Å². The van der Waals surface area contributed by atoms with E-state index in [2.05, 4.69) is 6.58 Å². The summed E-state index contributed by atoms with van der Waals surface area (Å²) in [5.41, 5.74) is 0.794. The lowest BCUT2D eigenvalue weighted by molar-refractivity contribution is 0.0696. The van der Waals surface area contributed by atoms with E-state index in [9.17, 15) is 4.79 Å². The summed E-state index contributed by atoms with van der Waals surface area (Å²) >= 11 is 0. The average molecular weight is 178 g/mol. The van der Waals surface area contributed by atoms with Crippen LogP contribution in [0.5, 0.6) is 5.75 Å². The van der Waals surface area contributed by atoms with Gasteiger partial charge in [0.05, 0.1) is 12.7 Å². The Morgan fingerprint density at radius 1 is 1.62 bits per heavy atom. The van der Waals surface area contributed by atoms with Crippen molar-refractivity contribution in [3.8, 4) is 5.75 Å². The SMILES string of the molecule is C=Cc1ccc(OC)cc1C(=O)O. The number of hydrogen-bond donors (Lipinski definition) is 1. The first-order valence-electron chi connectivity index (χ1n) is 3.73. The zero-order valence-electron chi connectivity index (χ0n) is 7.28. The lowest BCUT2D eigenvalue weighted by Gasteiger charge is -2.03. The van der Waals surface area contributed by atoms with Gasteiger partial charge >= 0.3 is 5.97 Å². The summed E-state index contributed by atoms with van der Waals surface area (Å²) in [7, 11) is 1.49. The van der Waals surface area contributed by atoms with Crippen molar-refractivity contribution in [3.63, 3.8) is 0 Å². The first kappa shape index (κ1) is 9.32. The number of carboxylic acid groups (broad SMARTS) is 1. The van der Waals surface area contributed by atoms with Gasteiger partial charge in [0.1, 0.15) is 5.75 Å². The van der Waals surface area contributed by atoms with Crippen LogP contribution < -0.4 is 4.74 Å². The summed E-state index contributed by atoms with van der Waals surface area (Å²) in [6, 6.07) is 4.83. The van der Waals surface area contributed by atoms with Crippen LogP contribution in [0.1, 0.15) is 15.9 Å². The van der Waals surface area contributed by atoms with E-state index in [0.29, 0.717) is 11.3 Å². The van der Waals surface area contributed by atoms with E-state index in [1.807, 2.05) is 0 Å². The van der Waals surface area contributed by atoms with Crippen molar-refractivity contribution in [3.05, 3.63) is 35.9 Å². The van der Waals surface area contributed by atoms with Crippen molar-refractivity contribution in [2.45, 2.75) is 0 Å². The molecule has 0 radical (unpaired) electrons. The summed E-state index contributed by atoms with van der Waals surface area (Å²) in [6.45, 7) is 3.53. The molecule has 0 heterocycles. The molecule has 0 spiro atoms. The van der Waals surface area contributed by atoms with Crippen LogP contribution in [0.25, 0.3) is 6.08 Å². The van der Waals surface area contributed by atoms with E-state index in [0.717, 1.165) is 0 Å². The maximum atomic E-state index is 10.7. The molecule has 1 N–H and O–H groups in total. The molecule has 0 aliphatic rings. The lowest BCUT2D eigenvalue weighted by Crippen LogP contribution is -1.99. The second-order valence-corrected chi connectivity index (χ2v) is 2.46. The monoisotopic (exact) mass is 178 g/mol. The number of rotatable bonds is 3. The zero-order chi connectivity index (χ0) is 9.84. The lowest BCUT2D eigenvalue weighted by atomic mass is 10.1. The minimum Gasteiger partial charge on any atom is -0.497 e. The fourth-order valence-electron chi connectivity index (χ4n) is 1.03. The molecule has 1 aromatic rings. The van der Waals surface area contributed by atoms with Crippen LogP contribution in [0, 0.1) is 0 Å². The van der Waals surface area contributed by atoms with Gasteiger partial charge in [-0.2, -0.15) is 0 Å². The first-order valence-corrected chi connectivity index (χ1v) is 3.73. The summed E-state index contributed by atoms with van der Waals surface area (Å²) in [5.74, 6) is -0.447. The smallest absolute Gasteiger partial charge is 0.336 e. The van der Waals surface area contributed by atoms with Crippen molar-refractivity contribution in [2.24, 2.45) is 0 Å². The van der Waals surface area contributed by atoms with E-state index in [1.165, 1.54) is 19.3 Å². The molecule has 1 aromatic carbocycles. The molecule has 13 heavy (non-hydrogen) atoms. The molecule has 68 valence electrons. The highest BCUT2D eigenvalue weighted by atomic mass is 16.5. The van der Waals surface area contributed by atoms with Crippen molar-refractivity contribution in [2.75, 3.05) is 7.11 Å². The van der Waals surface area contributed by atoms with Gasteiger partial charge in [-0.1, -0.05) is 18.7 Å². The molecule has 3 nitrogen and oxygen atoms in total. The number of methoxy groups -OCH3 is 1. The fourth-order valence-corrected chi connectivity index (χ4v) is 1.03. The molecule has 0 saturated heterocycles. The molecule has 0 aromatic heterocycles. The Hall–Kier alpha value is -1.77. The predicted molar refractivity (Wildman–Crippen MR) is 50.0 cm³/mol. The highest BCUT2D eigenvalue weighted by Gasteiger charge is 2.08. The molecular formula is C10H10O3. The number of hydrogen-bond acceptors (Lipinski definition) is 2. The molecule has 3 heteroatoms. The number of ether oxygens (including phenoxy) is 1. The van der Waals surface area contributed by atoms with Crippen LogP contribution in [-0.4, -0.2) is 18.2 Å². The first-order chi connectivity index (χ1) is 6.19. The van der Waals surface area contributed by atoms with Crippen molar-refractivity contribution < 1.29 is 14.6 Å². The molecule has 0 atom stereocenters. The maximum Gasteiger partial charge on any atom is 0.336 e. The van der Waals surface area contributed by atoms with Crippen LogP contribution in [0.3, 0.4) is 0 Å². The van der Waals surface area contributed by atoms with Gasteiger partial charge in [-0.25, -0.2) is 4.79 Å². The summed E-state index contributed by atoms with van der Waals surface area (Å²) in [5, 5.41) is 8.81. The van der Waals surface area contributed by atoms with Gasteiger partial charge in [0.25, 0.3) is 0 Å². The Kier molecular flexibility index (Phi) is 2.69. The van der Waals surface area contributed by atoms with Crippen LogP contribution in [0.4, 0.5) is 0 Å². The summed E-state index contributed by atoms with van der Waals surface area (Å²) < 4.78 is 4.91. The molecule has 0 aliphatic carbocycles. The minimum atomic E-state index is -0.978. The third-order valence-corrected chi connectivity index (χ3v) is 1.71. The van der Waals surface area contributed by atoms with Crippen molar-refractivity contribution >= 4 is 12.0 Å². The zero-order valence-corrected chi connectivity index (χ0v) is 7.28. The predicted octanol–water partition coefficient (Wildman–Crippen LogP) is 2.04. The van der Waals surface area contributed by atoms with Crippen LogP contribution in [-0.2, 0) is 0 Å². The third-order valence-electron chi connectivity index (χ3n) is 1.71. The molecule has 0 saturated carbocycles. The number of aromatic carboxylic acids is 1. The topological polar surface area (TPSA) is 46.5 Å². The molecule has 1 rings (SSSR count). The minimum absolute atomic E-state index is 0.203. The molecule has 0 bridgehead atoms. The number of carbonyl (C=O) groups is 1. The van der Waals surface area contributed by atoms with Crippen molar-refractivity contribution in [1.82, 2.24) is 0 Å². The highest BCUT2D eigenvalue weighted by molar-refractivity contribution is 5.92. The molecule has 0 fully saturated rings. The Labute approximate surface area is 76.3 Å². The van der Waals surface area contributed by atoms with Gasteiger partial charge in [-0.3, -0.25) is 0 Å². The van der Waals surface area contributed by atoms with Gasteiger partial charge in [0.15, 0.2) is 0 Å². The standard InChI is InChI=1S/C10H10O3/c1-3-7-4-5-8(13-2)6-9(7)10(11)12/h3-6H,1H2,2H3,(H,11,12). The Bertz CT molecular complexity index is 342. The van der Waals surface area contributed by atoms with E-state index in [4.69, 9.17) is 9.84 Å². The third kappa shape index (κ3) is 1.87. The van der Waals surface area contributed by atoms with E-state index < -0.39 is 5.97 Å². The number of benzene rings is 1. The van der Waals surface area contributed by atoms with E-state index in [-0.39, 0.29) is 5.56 Å². The Morgan fingerprint density at radius 2 is 2.31 bits per heavy atom.